The molecule has 3 radical (unpaired) electrons. The molecule has 1 aromatic rings. The molecule has 3 nitrogen and oxygen atoms in total. The molecule has 6 heteroatoms. The fraction of sp³-hybridized carbons (Fsp3) is 0.250. The normalized spacial score (nSPS) is 6.50. The molecule has 1 rings (SSSR count). The molecule has 0 saturated heterocycles. The Labute approximate surface area is 136 Å². The molecule has 0 amide bonds. The van der Waals surface area contributed by atoms with Gasteiger partial charge < -0.3 is 11.3 Å². The zero-order valence-electron chi connectivity index (χ0n) is 5.74. The maximum atomic E-state index is 4.75. The molecule has 0 atom stereocenters. The van der Waals surface area contributed by atoms with E-state index in [9.17, 15) is 0 Å². The average Bonchev–Trinajstić information content (AvgIpc) is 1.87. The monoisotopic (exact) mass is 364 g/mol. The fourth-order valence-corrected chi connectivity index (χ4v) is 0.338. The summed E-state index contributed by atoms with van der Waals surface area (Å²) in [4.78, 5) is 0. The number of aromatic nitrogens is 2. The summed E-state index contributed by atoms with van der Waals surface area (Å²) in [5, 5.41) is 7.03. The van der Waals surface area contributed by atoms with Crippen LogP contribution in [0.5, 0.6) is 0 Å². The summed E-state index contributed by atoms with van der Waals surface area (Å²) in [5.74, 6) is 0.933. The molecule has 0 N–H and O–H groups in total. The molecular weight excluding hydrogens is 359 g/mol. The van der Waals surface area contributed by atoms with E-state index >= 15 is 0 Å². The second-order valence-electron chi connectivity index (χ2n) is 1.21. The number of nitrogens with zero attached hydrogens (tertiary/aromatic N) is 2. The van der Waals surface area contributed by atoms with Gasteiger partial charge in [-0.05, 0) is 0 Å². The van der Waals surface area contributed by atoms with Gasteiger partial charge in [0.15, 0.2) is 0 Å². The van der Waals surface area contributed by atoms with Crippen LogP contribution in [-0.4, -0.2) is 10.2 Å². The summed E-state index contributed by atoms with van der Waals surface area (Å²) in [7, 11) is 0. The van der Waals surface area contributed by atoms with E-state index in [1.807, 2.05) is 0 Å². The molecule has 10 heavy (non-hydrogen) atoms. The van der Waals surface area contributed by atoms with Crippen LogP contribution in [0.2, 0.25) is 0 Å². The molecule has 0 spiro atoms. The predicted molar refractivity (Wildman–Crippen MR) is 23.5 cm³/mol. The van der Waals surface area contributed by atoms with Crippen LogP contribution in [0, 0.1) is 13.8 Å². The van der Waals surface area contributed by atoms with Crippen molar-refractivity contribution < 1.29 is 103 Å². The molecule has 1 heterocycles. The first kappa shape index (κ1) is 18.2. The first-order chi connectivity index (χ1) is 3.29. The van der Waals surface area contributed by atoms with E-state index in [-0.39, 0.29) is 98.1 Å². The summed E-state index contributed by atoms with van der Waals surface area (Å²) in [6, 6.07) is 0. The van der Waals surface area contributed by atoms with E-state index in [2.05, 4.69) is 17.1 Å². The Morgan fingerprint density at radius 2 is 1.70 bits per heavy atom. The summed E-state index contributed by atoms with van der Waals surface area (Å²) in [6.45, 7) is 5.12. The van der Waals surface area contributed by atoms with E-state index in [1.165, 1.54) is 0 Å². The summed E-state index contributed by atoms with van der Waals surface area (Å²) < 4.78 is 4.75. The van der Waals surface area contributed by atoms with Gasteiger partial charge in [-0.1, -0.05) is 0 Å². The third kappa shape index (κ3) is 7.00. The number of hydrogen-bond acceptors (Lipinski definition) is 3. The Morgan fingerprint density at radius 1 is 1.20 bits per heavy atom. The van der Waals surface area contributed by atoms with Gasteiger partial charge in [-0.15, -0.1) is 10.2 Å². The minimum Gasteiger partial charge on any atom is -0.456 e. The zero-order chi connectivity index (χ0) is 5.28. The van der Waals surface area contributed by atoms with Crippen LogP contribution in [0.15, 0.2) is 4.42 Å². The Morgan fingerprint density at radius 3 is 1.80 bits per heavy atom. The minimum absolute atomic E-state index is 0. The van der Waals surface area contributed by atoms with Gasteiger partial charge >= 0.3 is 0 Å². The SMILES string of the molecule is [CH2-]c1nnc(C)o1.[Y].[Y].[Y]. The maximum absolute atomic E-state index is 4.75. The zero-order valence-corrected chi connectivity index (χ0v) is 14.3. The van der Waals surface area contributed by atoms with E-state index in [0.29, 0.717) is 11.8 Å². The first-order valence-electron chi connectivity index (χ1n) is 1.91. The van der Waals surface area contributed by atoms with Crippen molar-refractivity contribution >= 4 is 0 Å². The molecular formula is C4H5N2OY3-. The van der Waals surface area contributed by atoms with E-state index in [1.54, 1.807) is 6.92 Å². The Hall–Kier alpha value is 2.32. The summed E-state index contributed by atoms with van der Waals surface area (Å²) in [5.41, 5.74) is 0. The Kier molecular flexibility index (Phi) is 17.1. The Bertz CT molecular complexity index is 151. The van der Waals surface area contributed by atoms with Gasteiger partial charge in [0.25, 0.3) is 0 Å². The van der Waals surface area contributed by atoms with E-state index < -0.39 is 0 Å². The number of rotatable bonds is 0. The molecule has 0 bridgehead atoms. The van der Waals surface area contributed by atoms with Crippen molar-refractivity contribution in [2.45, 2.75) is 6.92 Å². The van der Waals surface area contributed by atoms with Crippen molar-refractivity contribution in [3.63, 3.8) is 0 Å². The van der Waals surface area contributed by atoms with Crippen LogP contribution in [0.4, 0.5) is 0 Å². The van der Waals surface area contributed by atoms with E-state index in [4.69, 9.17) is 4.42 Å². The molecule has 0 aromatic carbocycles. The van der Waals surface area contributed by atoms with Crippen molar-refractivity contribution in [3.8, 4) is 0 Å². The smallest absolute Gasteiger partial charge is 0.209 e. The molecule has 0 saturated carbocycles. The summed E-state index contributed by atoms with van der Waals surface area (Å²) in [6.07, 6.45) is 0. The summed E-state index contributed by atoms with van der Waals surface area (Å²) >= 11 is 0. The predicted octanol–water partition coefficient (Wildman–Crippen LogP) is 0.553. The third-order valence-electron chi connectivity index (χ3n) is 0.568. The fourth-order valence-electron chi connectivity index (χ4n) is 0.338. The van der Waals surface area contributed by atoms with Crippen LogP contribution in [0.3, 0.4) is 0 Å². The van der Waals surface area contributed by atoms with Gasteiger partial charge in [-0.3, -0.25) is 0 Å². The molecule has 1 aromatic heterocycles. The number of aryl methyl sites for hydroxylation is 1. The molecule has 0 aliphatic heterocycles. The molecule has 0 aliphatic rings. The average molecular weight is 364 g/mol. The second-order valence-corrected chi connectivity index (χ2v) is 1.21. The molecule has 47 valence electrons. The standard InChI is InChI=1S/C4H5N2O.3Y/c1-3-5-6-4(2)7-3;;;/h1H2,2H3;;;/q-1;;;. The van der Waals surface area contributed by atoms with Crippen molar-refractivity contribution in [2.24, 2.45) is 0 Å². The quantitative estimate of drug-likeness (QED) is 0.632. The second kappa shape index (κ2) is 9.41. The third-order valence-corrected chi connectivity index (χ3v) is 0.568. The first-order valence-corrected chi connectivity index (χ1v) is 1.91. The Balaban J connectivity index is -0.000000163. The van der Waals surface area contributed by atoms with Crippen molar-refractivity contribution in [3.05, 3.63) is 18.7 Å². The van der Waals surface area contributed by atoms with Crippen LogP contribution in [0.1, 0.15) is 11.8 Å². The molecule has 0 fully saturated rings. The van der Waals surface area contributed by atoms with E-state index in [0.717, 1.165) is 0 Å². The number of hydrogen-bond donors (Lipinski definition) is 0. The van der Waals surface area contributed by atoms with Gasteiger partial charge in [0.05, 0.1) is 5.89 Å². The minimum atomic E-state index is 0. The van der Waals surface area contributed by atoms with Crippen LogP contribution >= 0.6 is 0 Å². The molecule has 0 unspecified atom stereocenters. The van der Waals surface area contributed by atoms with Crippen molar-refractivity contribution in [1.29, 1.82) is 0 Å². The van der Waals surface area contributed by atoms with Crippen LogP contribution in [-0.2, 0) is 98.1 Å². The maximum Gasteiger partial charge on any atom is 0.209 e. The van der Waals surface area contributed by atoms with Crippen LogP contribution in [0.25, 0.3) is 0 Å². The van der Waals surface area contributed by atoms with Gasteiger partial charge in [0.2, 0.25) is 5.89 Å². The van der Waals surface area contributed by atoms with Crippen molar-refractivity contribution in [1.82, 2.24) is 10.2 Å². The van der Waals surface area contributed by atoms with Gasteiger partial charge in [0.1, 0.15) is 0 Å². The van der Waals surface area contributed by atoms with Gasteiger partial charge in [-0.25, -0.2) is 0 Å². The van der Waals surface area contributed by atoms with Gasteiger partial charge in [0, 0.05) is 105 Å². The van der Waals surface area contributed by atoms with Gasteiger partial charge in [-0.2, -0.15) is 0 Å². The topological polar surface area (TPSA) is 38.9 Å². The van der Waals surface area contributed by atoms with Crippen molar-refractivity contribution in [2.75, 3.05) is 0 Å². The largest absolute Gasteiger partial charge is 0.456 e. The molecule has 0 aliphatic carbocycles. The van der Waals surface area contributed by atoms with Crippen LogP contribution < -0.4 is 0 Å².